The molecule has 0 saturated heterocycles. The maximum atomic E-state index is 12.3. The van der Waals surface area contributed by atoms with Crippen LogP contribution in [-0.2, 0) is 0 Å². The van der Waals surface area contributed by atoms with Gasteiger partial charge in [0, 0.05) is 23.1 Å². The molecule has 0 aliphatic heterocycles. The summed E-state index contributed by atoms with van der Waals surface area (Å²) in [7, 11) is 0. The minimum atomic E-state index is -0.391. The standard InChI is InChI=1S/C19H14ClN5O/c1-12-6-7-15(20)8-17(12)25-19-22-10-14(11-23-19)18(26)24-16-5-3-2-4-13(16)9-21/h2-8,10-11H,1H3,(H,24,26)(H,22,23,25). The largest absolute Gasteiger partial charge is 0.324 e. The van der Waals surface area contributed by atoms with E-state index in [1.807, 2.05) is 19.1 Å². The summed E-state index contributed by atoms with van der Waals surface area (Å²) in [4.78, 5) is 20.6. The normalized spacial score (nSPS) is 10.0. The summed E-state index contributed by atoms with van der Waals surface area (Å²) >= 11 is 5.99. The highest BCUT2D eigenvalue weighted by atomic mass is 35.5. The van der Waals surface area contributed by atoms with Crippen LogP contribution in [0.2, 0.25) is 5.02 Å². The summed E-state index contributed by atoms with van der Waals surface area (Å²) in [6, 6.07) is 14.3. The monoisotopic (exact) mass is 363 g/mol. The third-order valence-electron chi connectivity index (χ3n) is 3.66. The van der Waals surface area contributed by atoms with Crippen molar-refractivity contribution in [1.82, 2.24) is 9.97 Å². The Morgan fingerprint density at radius 1 is 1.12 bits per heavy atom. The van der Waals surface area contributed by atoms with E-state index in [4.69, 9.17) is 16.9 Å². The summed E-state index contributed by atoms with van der Waals surface area (Å²) in [5.41, 5.74) is 2.89. The number of anilines is 3. The minimum absolute atomic E-state index is 0.283. The van der Waals surface area contributed by atoms with Crippen LogP contribution >= 0.6 is 11.6 Å². The first-order valence-electron chi connectivity index (χ1n) is 7.72. The maximum absolute atomic E-state index is 12.3. The second-order valence-corrected chi connectivity index (χ2v) is 5.93. The quantitative estimate of drug-likeness (QED) is 0.720. The summed E-state index contributed by atoms with van der Waals surface area (Å²) in [6.45, 7) is 1.94. The zero-order valence-corrected chi connectivity index (χ0v) is 14.6. The van der Waals surface area contributed by atoms with Gasteiger partial charge in [-0.3, -0.25) is 4.79 Å². The van der Waals surface area contributed by atoms with Gasteiger partial charge in [-0.2, -0.15) is 5.26 Å². The topological polar surface area (TPSA) is 90.7 Å². The zero-order chi connectivity index (χ0) is 18.5. The number of carbonyl (C=O) groups excluding carboxylic acids is 1. The molecule has 2 aromatic carbocycles. The van der Waals surface area contributed by atoms with Gasteiger partial charge in [0.25, 0.3) is 5.91 Å². The Balaban J connectivity index is 1.74. The highest BCUT2D eigenvalue weighted by Gasteiger charge is 2.10. The Morgan fingerprint density at radius 3 is 2.58 bits per heavy atom. The zero-order valence-electron chi connectivity index (χ0n) is 13.8. The average molecular weight is 364 g/mol. The Bertz CT molecular complexity index is 996. The van der Waals surface area contributed by atoms with E-state index in [1.54, 1.807) is 36.4 Å². The van der Waals surface area contributed by atoms with Gasteiger partial charge in [0.1, 0.15) is 6.07 Å². The van der Waals surface area contributed by atoms with E-state index in [2.05, 4.69) is 20.6 Å². The number of benzene rings is 2. The van der Waals surface area contributed by atoms with Gasteiger partial charge in [-0.25, -0.2) is 9.97 Å². The van der Waals surface area contributed by atoms with Gasteiger partial charge >= 0.3 is 0 Å². The number of rotatable bonds is 4. The van der Waals surface area contributed by atoms with Crippen LogP contribution in [0, 0.1) is 18.3 Å². The van der Waals surface area contributed by atoms with Gasteiger partial charge in [0.2, 0.25) is 5.95 Å². The van der Waals surface area contributed by atoms with Crippen LogP contribution in [0.4, 0.5) is 17.3 Å². The van der Waals surface area contributed by atoms with Gasteiger partial charge in [-0.1, -0.05) is 29.8 Å². The molecule has 7 heteroatoms. The van der Waals surface area contributed by atoms with E-state index in [0.717, 1.165) is 11.3 Å². The van der Waals surface area contributed by atoms with Crippen molar-refractivity contribution in [2.45, 2.75) is 6.92 Å². The molecule has 1 amide bonds. The lowest BCUT2D eigenvalue weighted by atomic mass is 10.2. The Kier molecular flexibility index (Phi) is 5.11. The van der Waals surface area contributed by atoms with Crippen molar-refractivity contribution in [2.24, 2.45) is 0 Å². The van der Waals surface area contributed by atoms with Crippen LogP contribution in [0.1, 0.15) is 21.5 Å². The van der Waals surface area contributed by atoms with Gasteiger partial charge in [-0.05, 0) is 36.8 Å². The second kappa shape index (κ2) is 7.64. The second-order valence-electron chi connectivity index (χ2n) is 5.49. The van der Waals surface area contributed by atoms with E-state index in [1.165, 1.54) is 12.4 Å². The van der Waals surface area contributed by atoms with Crippen LogP contribution < -0.4 is 10.6 Å². The molecule has 0 radical (unpaired) electrons. The SMILES string of the molecule is Cc1ccc(Cl)cc1Nc1ncc(C(=O)Nc2ccccc2C#N)cn1. The molecule has 1 heterocycles. The Hall–Kier alpha value is -3.43. The molecule has 0 aliphatic carbocycles. The molecule has 3 rings (SSSR count). The van der Waals surface area contributed by atoms with Crippen LogP contribution in [0.25, 0.3) is 0 Å². The van der Waals surface area contributed by atoms with Crippen LogP contribution in [-0.4, -0.2) is 15.9 Å². The van der Waals surface area contributed by atoms with Crippen molar-refractivity contribution in [1.29, 1.82) is 5.26 Å². The molecule has 0 saturated carbocycles. The third kappa shape index (κ3) is 3.97. The lowest BCUT2D eigenvalue weighted by Crippen LogP contribution is -2.14. The first-order chi connectivity index (χ1) is 12.6. The maximum Gasteiger partial charge on any atom is 0.258 e. The van der Waals surface area contributed by atoms with Gasteiger partial charge in [0.15, 0.2) is 0 Å². The van der Waals surface area contributed by atoms with E-state index in [9.17, 15) is 4.79 Å². The van der Waals surface area contributed by atoms with E-state index < -0.39 is 5.91 Å². The number of hydrogen-bond acceptors (Lipinski definition) is 5. The molecule has 0 atom stereocenters. The summed E-state index contributed by atoms with van der Waals surface area (Å²) in [5.74, 6) is -0.0393. The van der Waals surface area contributed by atoms with Crippen molar-refractivity contribution in [2.75, 3.05) is 10.6 Å². The Labute approximate surface area is 155 Å². The molecule has 128 valence electrons. The van der Waals surface area contributed by atoms with Crippen LogP contribution in [0.15, 0.2) is 54.9 Å². The van der Waals surface area contributed by atoms with Gasteiger partial charge in [0.05, 0.1) is 16.8 Å². The van der Waals surface area contributed by atoms with Crippen LogP contribution in [0.5, 0.6) is 0 Å². The number of nitriles is 1. The number of hydrogen-bond donors (Lipinski definition) is 2. The molecule has 0 spiro atoms. The van der Waals surface area contributed by atoms with E-state index in [-0.39, 0.29) is 5.56 Å². The molecular formula is C19H14ClN5O. The Morgan fingerprint density at radius 2 is 1.85 bits per heavy atom. The molecule has 1 aromatic heterocycles. The van der Waals surface area contributed by atoms with E-state index >= 15 is 0 Å². The van der Waals surface area contributed by atoms with Crippen LogP contribution in [0.3, 0.4) is 0 Å². The highest BCUT2D eigenvalue weighted by molar-refractivity contribution is 6.30. The number of carbonyl (C=O) groups is 1. The lowest BCUT2D eigenvalue weighted by molar-refractivity contribution is 0.102. The summed E-state index contributed by atoms with van der Waals surface area (Å²) in [6.07, 6.45) is 2.83. The van der Waals surface area contributed by atoms with Gasteiger partial charge in [-0.15, -0.1) is 0 Å². The van der Waals surface area contributed by atoms with Crippen molar-refractivity contribution in [3.63, 3.8) is 0 Å². The summed E-state index contributed by atoms with van der Waals surface area (Å²) < 4.78 is 0. The number of aryl methyl sites for hydroxylation is 1. The van der Waals surface area contributed by atoms with Crippen molar-refractivity contribution in [3.05, 3.63) is 76.6 Å². The molecule has 0 unspecified atom stereocenters. The molecule has 2 N–H and O–H groups in total. The fourth-order valence-corrected chi connectivity index (χ4v) is 2.42. The molecule has 26 heavy (non-hydrogen) atoms. The molecule has 3 aromatic rings. The first-order valence-corrected chi connectivity index (χ1v) is 8.10. The number of halogens is 1. The minimum Gasteiger partial charge on any atom is -0.324 e. The van der Waals surface area contributed by atoms with Gasteiger partial charge < -0.3 is 10.6 Å². The smallest absolute Gasteiger partial charge is 0.258 e. The number of aromatic nitrogens is 2. The number of amides is 1. The number of nitrogens with one attached hydrogen (secondary N) is 2. The number of para-hydroxylation sites is 1. The molecule has 0 bridgehead atoms. The number of nitrogens with zero attached hydrogens (tertiary/aromatic N) is 3. The highest BCUT2D eigenvalue weighted by Crippen LogP contribution is 2.22. The van der Waals surface area contributed by atoms with Crippen molar-refractivity contribution in [3.8, 4) is 6.07 Å². The fraction of sp³-hybridized carbons (Fsp3) is 0.0526. The van der Waals surface area contributed by atoms with E-state index in [0.29, 0.717) is 22.2 Å². The third-order valence-corrected chi connectivity index (χ3v) is 3.89. The molecule has 6 nitrogen and oxygen atoms in total. The molecule has 0 fully saturated rings. The predicted molar refractivity (Wildman–Crippen MR) is 101 cm³/mol. The lowest BCUT2D eigenvalue weighted by Gasteiger charge is -2.09. The molecular weight excluding hydrogens is 350 g/mol. The average Bonchev–Trinajstić information content (AvgIpc) is 2.65. The molecule has 0 aliphatic rings. The van der Waals surface area contributed by atoms with Crippen molar-refractivity contribution < 1.29 is 4.79 Å². The first kappa shape index (κ1) is 17.4. The van der Waals surface area contributed by atoms with Crippen molar-refractivity contribution >= 4 is 34.8 Å². The summed E-state index contributed by atoms with van der Waals surface area (Å²) in [5, 5.41) is 15.4. The predicted octanol–water partition coefficient (Wildman–Crippen LogP) is 4.31. The fourth-order valence-electron chi connectivity index (χ4n) is 2.24.